The third-order valence-electron chi connectivity index (χ3n) is 4.79. The second-order valence-electron chi connectivity index (χ2n) is 5.83. The van der Waals surface area contributed by atoms with Crippen molar-refractivity contribution in [2.75, 3.05) is 13.1 Å². The Morgan fingerprint density at radius 3 is 2.22 bits per heavy atom. The van der Waals surface area contributed by atoms with E-state index < -0.39 is 0 Å². The van der Waals surface area contributed by atoms with E-state index in [0.29, 0.717) is 22.0 Å². The van der Waals surface area contributed by atoms with Crippen LogP contribution < -0.4 is 0 Å². The SMILES string of the molecule is CCN(CC)C1CC(c2ccc(Cl)c(Cl)c2)c2ccccc21.Cl. The molecule has 23 heavy (non-hydrogen) atoms. The fraction of sp³-hybridized carbons (Fsp3) is 0.368. The van der Waals surface area contributed by atoms with E-state index in [0.717, 1.165) is 19.5 Å². The number of nitrogens with zero attached hydrogens (tertiary/aromatic N) is 1. The molecule has 2 aromatic carbocycles. The molecule has 2 aromatic rings. The lowest BCUT2D eigenvalue weighted by Gasteiger charge is -2.27. The average Bonchev–Trinajstić information content (AvgIpc) is 2.91. The zero-order valence-electron chi connectivity index (χ0n) is 13.4. The quantitative estimate of drug-likeness (QED) is 0.607. The highest BCUT2D eigenvalue weighted by Gasteiger charge is 2.34. The lowest BCUT2D eigenvalue weighted by atomic mass is 9.93. The van der Waals surface area contributed by atoms with Crippen LogP contribution in [-0.2, 0) is 0 Å². The number of halogens is 3. The van der Waals surface area contributed by atoms with Gasteiger partial charge in [-0.05, 0) is 48.3 Å². The van der Waals surface area contributed by atoms with Gasteiger partial charge in [-0.2, -0.15) is 0 Å². The van der Waals surface area contributed by atoms with Gasteiger partial charge in [0, 0.05) is 12.0 Å². The van der Waals surface area contributed by atoms with Crippen molar-refractivity contribution in [1.29, 1.82) is 0 Å². The standard InChI is InChI=1S/C19H21Cl2N.ClH/c1-3-22(4-2)19-12-16(14-7-5-6-8-15(14)19)13-9-10-17(20)18(21)11-13;/h5-11,16,19H,3-4,12H2,1-2H3;1H. The summed E-state index contributed by atoms with van der Waals surface area (Å²) >= 11 is 12.3. The predicted molar refractivity (Wildman–Crippen MR) is 102 cm³/mol. The van der Waals surface area contributed by atoms with E-state index in [-0.39, 0.29) is 12.4 Å². The summed E-state index contributed by atoms with van der Waals surface area (Å²) in [7, 11) is 0. The number of benzene rings is 2. The fourth-order valence-electron chi connectivity index (χ4n) is 3.66. The summed E-state index contributed by atoms with van der Waals surface area (Å²) in [4.78, 5) is 2.54. The maximum atomic E-state index is 6.23. The molecule has 0 bridgehead atoms. The molecule has 0 saturated carbocycles. The van der Waals surface area contributed by atoms with E-state index >= 15 is 0 Å². The Balaban J connectivity index is 0.00000192. The summed E-state index contributed by atoms with van der Waals surface area (Å²) in [6.07, 6.45) is 1.11. The van der Waals surface area contributed by atoms with Crippen molar-refractivity contribution in [1.82, 2.24) is 4.90 Å². The van der Waals surface area contributed by atoms with Gasteiger partial charge in [-0.15, -0.1) is 12.4 Å². The molecular formula is C19H22Cl3N. The number of fused-ring (bicyclic) bond motifs is 1. The van der Waals surface area contributed by atoms with Crippen LogP contribution in [0.15, 0.2) is 42.5 Å². The van der Waals surface area contributed by atoms with Crippen molar-refractivity contribution >= 4 is 35.6 Å². The van der Waals surface area contributed by atoms with E-state index in [1.165, 1.54) is 16.7 Å². The Morgan fingerprint density at radius 1 is 0.957 bits per heavy atom. The van der Waals surface area contributed by atoms with Gasteiger partial charge in [-0.25, -0.2) is 0 Å². The Hall–Kier alpha value is -0.730. The van der Waals surface area contributed by atoms with Gasteiger partial charge in [0.1, 0.15) is 0 Å². The summed E-state index contributed by atoms with van der Waals surface area (Å²) in [6.45, 7) is 6.62. The molecular weight excluding hydrogens is 349 g/mol. The summed E-state index contributed by atoms with van der Waals surface area (Å²) in [5.41, 5.74) is 4.15. The van der Waals surface area contributed by atoms with E-state index in [9.17, 15) is 0 Å². The zero-order valence-corrected chi connectivity index (χ0v) is 15.8. The van der Waals surface area contributed by atoms with Crippen LogP contribution in [0, 0.1) is 0 Å². The van der Waals surface area contributed by atoms with Crippen molar-refractivity contribution in [3.8, 4) is 0 Å². The van der Waals surface area contributed by atoms with Crippen LogP contribution in [0.2, 0.25) is 10.0 Å². The minimum Gasteiger partial charge on any atom is -0.297 e. The lowest BCUT2D eigenvalue weighted by molar-refractivity contribution is 0.215. The Morgan fingerprint density at radius 2 is 1.61 bits per heavy atom. The van der Waals surface area contributed by atoms with Crippen LogP contribution in [0.3, 0.4) is 0 Å². The average molecular weight is 371 g/mol. The molecule has 0 spiro atoms. The first-order chi connectivity index (χ1) is 10.7. The molecule has 0 amide bonds. The van der Waals surface area contributed by atoms with Gasteiger partial charge >= 0.3 is 0 Å². The summed E-state index contributed by atoms with van der Waals surface area (Å²) in [5, 5.41) is 1.26. The second-order valence-corrected chi connectivity index (χ2v) is 6.64. The molecule has 3 rings (SSSR count). The number of hydrogen-bond acceptors (Lipinski definition) is 1. The van der Waals surface area contributed by atoms with E-state index in [2.05, 4.69) is 49.1 Å². The lowest BCUT2D eigenvalue weighted by Crippen LogP contribution is -2.27. The predicted octanol–water partition coefficient (Wildman–Crippen LogP) is 6.33. The normalized spacial score (nSPS) is 19.5. The third-order valence-corrected chi connectivity index (χ3v) is 5.53. The van der Waals surface area contributed by atoms with Crippen LogP contribution in [0.25, 0.3) is 0 Å². The van der Waals surface area contributed by atoms with Gasteiger partial charge in [0.15, 0.2) is 0 Å². The molecule has 0 radical (unpaired) electrons. The van der Waals surface area contributed by atoms with Gasteiger partial charge in [-0.3, -0.25) is 4.90 Å². The van der Waals surface area contributed by atoms with Crippen molar-refractivity contribution in [3.05, 3.63) is 69.2 Å². The van der Waals surface area contributed by atoms with E-state index in [4.69, 9.17) is 23.2 Å². The number of hydrogen-bond donors (Lipinski definition) is 0. The van der Waals surface area contributed by atoms with Crippen LogP contribution in [0.1, 0.15) is 48.9 Å². The molecule has 0 saturated heterocycles. The smallest absolute Gasteiger partial charge is 0.0595 e. The molecule has 1 nitrogen and oxygen atoms in total. The van der Waals surface area contributed by atoms with E-state index in [1.807, 2.05) is 12.1 Å². The summed E-state index contributed by atoms with van der Waals surface area (Å²) in [6, 6.07) is 15.3. The Bertz CT molecular complexity index is 667. The third kappa shape index (κ3) is 3.53. The molecule has 4 heteroatoms. The summed E-state index contributed by atoms with van der Waals surface area (Å²) in [5.74, 6) is 0.400. The maximum Gasteiger partial charge on any atom is 0.0595 e. The minimum atomic E-state index is 0. The van der Waals surface area contributed by atoms with Gasteiger partial charge in [0.05, 0.1) is 10.0 Å². The highest BCUT2D eigenvalue weighted by Crippen LogP contribution is 2.47. The topological polar surface area (TPSA) is 3.24 Å². The first kappa shape index (κ1) is 18.6. The highest BCUT2D eigenvalue weighted by atomic mass is 35.5. The van der Waals surface area contributed by atoms with Gasteiger partial charge in [0.25, 0.3) is 0 Å². The Kier molecular flexibility index (Phi) is 6.39. The minimum absolute atomic E-state index is 0. The fourth-order valence-corrected chi connectivity index (χ4v) is 3.97. The van der Waals surface area contributed by atoms with Crippen LogP contribution in [0.5, 0.6) is 0 Å². The van der Waals surface area contributed by atoms with Gasteiger partial charge in [0.2, 0.25) is 0 Å². The molecule has 0 aromatic heterocycles. The van der Waals surface area contributed by atoms with Gasteiger partial charge in [-0.1, -0.05) is 67.4 Å². The van der Waals surface area contributed by atoms with E-state index in [1.54, 1.807) is 0 Å². The Labute approximate surface area is 155 Å². The molecule has 0 N–H and O–H groups in total. The zero-order chi connectivity index (χ0) is 15.7. The van der Waals surface area contributed by atoms with Crippen LogP contribution in [0.4, 0.5) is 0 Å². The molecule has 2 atom stereocenters. The highest BCUT2D eigenvalue weighted by molar-refractivity contribution is 6.42. The molecule has 124 valence electrons. The van der Waals surface area contributed by atoms with Gasteiger partial charge < -0.3 is 0 Å². The molecule has 0 fully saturated rings. The van der Waals surface area contributed by atoms with Crippen molar-refractivity contribution < 1.29 is 0 Å². The molecule has 0 aliphatic heterocycles. The largest absolute Gasteiger partial charge is 0.297 e. The monoisotopic (exact) mass is 369 g/mol. The molecule has 1 aliphatic rings. The first-order valence-corrected chi connectivity index (χ1v) is 8.69. The van der Waals surface area contributed by atoms with Crippen LogP contribution >= 0.6 is 35.6 Å². The maximum absolute atomic E-state index is 6.23. The van der Waals surface area contributed by atoms with Crippen molar-refractivity contribution in [3.63, 3.8) is 0 Å². The molecule has 1 aliphatic carbocycles. The van der Waals surface area contributed by atoms with Crippen molar-refractivity contribution in [2.45, 2.75) is 32.2 Å². The first-order valence-electron chi connectivity index (χ1n) is 7.93. The molecule has 2 unspecified atom stereocenters. The number of rotatable bonds is 4. The second kappa shape index (κ2) is 7.90. The van der Waals surface area contributed by atoms with Crippen molar-refractivity contribution in [2.24, 2.45) is 0 Å². The summed E-state index contributed by atoms with van der Waals surface area (Å²) < 4.78 is 0. The molecule has 0 heterocycles. The van der Waals surface area contributed by atoms with Crippen LogP contribution in [-0.4, -0.2) is 18.0 Å².